The fourth-order valence-corrected chi connectivity index (χ4v) is 3.65. The van der Waals surface area contributed by atoms with Gasteiger partial charge in [0.05, 0.1) is 11.7 Å². The number of carbonyl (C=O) groups excluding carboxylic acids is 1. The molecule has 19 heavy (non-hydrogen) atoms. The third kappa shape index (κ3) is 2.29. The quantitative estimate of drug-likeness (QED) is 0.835. The van der Waals surface area contributed by atoms with Gasteiger partial charge in [-0.15, -0.1) is 0 Å². The molecular weight excluding hydrogens is 238 g/mol. The van der Waals surface area contributed by atoms with Gasteiger partial charge < -0.3 is 9.80 Å². The van der Waals surface area contributed by atoms with Gasteiger partial charge in [-0.1, -0.05) is 6.92 Å². The summed E-state index contributed by atoms with van der Waals surface area (Å²) in [5.41, 5.74) is -0.142. The second kappa shape index (κ2) is 4.74. The zero-order chi connectivity index (χ0) is 13.6. The van der Waals surface area contributed by atoms with E-state index in [4.69, 9.17) is 0 Å². The van der Waals surface area contributed by atoms with Gasteiger partial charge in [0.25, 0.3) is 0 Å². The molecule has 4 heteroatoms. The van der Waals surface area contributed by atoms with Crippen molar-refractivity contribution in [1.82, 2.24) is 15.1 Å². The van der Waals surface area contributed by atoms with Crippen LogP contribution in [0.1, 0.15) is 46.5 Å². The summed E-state index contributed by atoms with van der Waals surface area (Å²) in [4.78, 5) is 17.2. The minimum absolute atomic E-state index is 0.142. The Labute approximate surface area is 116 Å². The van der Waals surface area contributed by atoms with E-state index in [9.17, 15) is 4.79 Å². The molecule has 2 atom stereocenters. The summed E-state index contributed by atoms with van der Waals surface area (Å²) >= 11 is 0. The van der Waals surface area contributed by atoms with E-state index in [1.807, 2.05) is 0 Å². The van der Waals surface area contributed by atoms with E-state index in [-0.39, 0.29) is 11.7 Å². The Bertz CT molecular complexity index is 364. The molecule has 1 spiro atoms. The van der Waals surface area contributed by atoms with Gasteiger partial charge >= 0.3 is 0 Å². The standard InChI is InChI=1S/C15H27N3O/c1-4-13-16-15(6-7-15)14(19)18(13)10-12-5-8-17(9-12)11(2)3/h11-13,16H,4-10H2,1-3H3. The van der Waals surface area contributed by atoms with Crippen LogP contribution in [0.15, 0.2) is 0 Å². The van der Waals surface area contributed by atoms with Crippen LogP contribution in [0.3, 0.4) is 0 Å². The van der Waals surface area contributed by atoms with Crippen molar-refractivity contribution in [3.8, 4) is 0 Å². The van der Waals surface area contributed by atoms with Crippen molar-refractivity contribution in [3.63, 3.8) is 0 Å². The zero-order valence-corrected chi connectivity index (χ0v) is 12.5. The molecule has 3 aliphatic rings. The van der Waals surface area contributed by atoms with Crippen LogP contribution in [0.2, 0.25) is 0 Å². The van der Waals surface area contributed by atoms with Gasteiger partial charge in [-0.25, -0.2) is 0 Å². The molecule has 4 nitrogen and oxygen atoms in total. The van der Waals surface area contributed by atoms with Crippen molar-refractivity contribution >= 4 is 5.91 Å². The van der Waals surface area contributed by atoms with Crippen LogP contribution in [0, 0.1) is 5.92 Å². The molecule has 1 aliphatic carbocycles. The predicted octanol–water partition coefficient (Wildman–Crippen LogP) is 1.42. The summed E-state index contributed by atoms with van der Waals surface area (Å²) in [5, 5.41) is 3.56. The third-order valence-electron chi connectivity index (χ3n) is 5.13. The number of nitrogens with one attached hydrogen (secondary N) is 1. The Hall–Kier alpha value is -0.610. The average molecular weight is 265 g/mol. The molecule has 0 aromatic carbocycles. The molecule has 1 N–H and O–H groups in total. The molecule has 0 bridgehead atoms. The molecule has 3 rings (SSSR count). The second-order valence-corrected chi connectivity index (χ2v) is 6.85. The lowest BCUT2D eigenvalue weighted by Gasteiger charge is -2.27. The number of amides is 1. The molecule has 0 aromatic heterocycles. The van der Waals surface area contributed by atoms with Gasteiger partial charge in [0, 0.05) is 19.1 Å². The van der Waals surface area contributed by atoms with Crippen molar-refractivity contribution in [3.05, 3.63) is 0 Å². The number of carbonyl (C=O) groups is 1. The molecule has 108 valence electrons. The topological polar surface area (TPSA) is 35.6 Å². The molecule has 1 amide bonds. The van der Waals surface area contributed by atoms with Crippen molar-refractivity contribution in [2.45, 2.75) is 64.2 Å². The predicted molar refractivity (Wildman–Crippen MR) is 75.7 cm³/mol. The Kier molecular flexibility index (Phi) is 3.34. The lowest BCUT2D eigenvalue weighted by molar-refractivity contribution is -0.131. The maximum atomic E-state index is 12.5. The number of nitrogens with zero attached hydrogens (tertiary/aromatic N) is 2. The van der Waals surface area contributed by atoms with E-state index in [1.165, 1.54) is 13.0 Å². The summed E-state index contributed by atoms with van der Waals surface area (Å²) in [6.07, 6.45) is 4.63. The molecule has 2 heterocycles. The van der Waals surface area contributed by atoms with Crippen molar-refractivity contribution in [2.75, 3.05) is 19.6 Å². The van der Waals surface area contributed by atoms with Gasteiger partial charge in [0.2, 0.25) is 5.91 Å². The van der Waals surface area contributed by atoms with E-state index < -0.39 is 0 Å². The number of hydrogen-bond donors (Lipinski definition) is 1. The maximum Gasteiger partial charge on any atom is 0.244 e. The van der Waals surface area contributed by atoms with E-state index in [1.54, 1.807) is 0 Å². The van der Waals surface area contributed by atoms with Crippen LogP contribution in [0.4, 0.5) is 0 Å². The number of hydrogen-bond acceptors (Lipinski definition) is 3. The van der Waals surface area contributed by atoms with Gasteiger partial charge in [-0.2, -0.15) is 0 Å². The summed E-state index contributed by atoms with van der Waals surface area (Å²) in [6, 6.07) is 0.633. The molecule has 2 aliphatic heterocycles. The highest BCUT2D eigenvalue weighted by molar-refractivity contribution is 5.91. The molecule has 0 aromatic rings. The fourth-order valence-electron chi connectivity index (χ4n) is 3.65. The molecule has 3 fully saturated rings. The SMILES string of the molecule is CCC1NC2(CC2)C(=O)N1CC1CCN(C(C)C)C1. The van der Waals surface area contributed by atoms with E-state index in [2.05, 4.69) is 35.9 Å². The number of likely N-dealkylation sites (tertiary alicyclic amines) is 1. The lowest BCUT2D eigenvalue weighted by Crippen LogP contribution is -2.40. The van der Waals surface area contributed by atoms with Crippen LogP contribution in [-0.2, 0) is 4.79 Å². The normalized spacial score (nSPS) is 33.9. The van der Waals surface area contributed by atoms with Crippen LogP contribution in [0.25, 0.3) is 0 Å². The van der Waals surface area contributed by atoms with E-state index in [0.717, 1.165) is 32.4 Å². The Morgan fingerprint density at radius 2 is 2.16 bits per heavy atom. The first-order valence-electron chi connectivity index (χ1n) is 7.88. The zero-order valence-electron chi connectivity index (χ0n) is 12.5. The molecule has 2 unspecified atom stereocenters. The smallest absolute Gasteiger partial charge is 0.244 e. The van der Waals surface area contributed by atoms with Gasteiger partial charge in [0.1, 0.15) is 0 Å². The molecular formula is C15H27N3O. The third-order valence-corrected chi connectivity index (χ3v) is 5.13. The highest BCUT2D eigenvalue weighted by Crippen LogP contribution is 2.43. The summed E-state index contributed by atoms with van der Waals surface area (Å²) < 4.78 is 0. The summed E-state index contributed by atoms with van der Waals surface area (Å²) in [6.45, 7) is 10.0. The van der Waals surface area contributed by atoms with Crippen molar-refractivity contribution in [2.24, 2.45) is 5.92 Å². The number of rotatable bonds is 4. The Balaban J connectivity index is 1.61. The summed E-state index contributed by atoms with van der Waals surface area (Å²) in [7, 11) is 0. The van der Waals surface area contributed by atoms with Gasteiger partial charge in [-0.3, -0.25) is 10.1 Å². The van der Waals surface area contributed by atoms with Gasteiger partial charge in [-0.05, 0) is 52.0 Å². The second-order valence-electron chi connectivity index (χ2n) is 6.85. The van der Waals surface area contributed by atoms with Gasteiger partial charge in [0.15, 0.2) is 0 Å². The maximum absolute atomic E-state index is 12.5. The minimum atomic E-state index is -0.142. The largest absolute Gasteiger partial charge is 0.325 e. The minimum Gasteiger partial charge on any atom is -0.325 e. The van der Waals surface area contributed by atoms with Crippen LogP contribution in [0.5, 0.6) is 0 Å². The molecule has 2 saturated heterocycles. The summed E-state index contributed by atoms with van der Waals surface area (Å²) in [5.74, 6) is 1.04. The van der Waals surface area contributed by atoms with Crippen molar-refractivity contribution in [1.29, 1.82) is 0 Å². The lowest BCUT2D eigenvalue weighted by atomic mass is 10.1. The molecule has 1 saturated carbocycles. The highest BCUT2D eigenvalue weighted by Gasteiger charge is 2.58. The first-order chi connectivity index (χ1) is 9.05. The van der Waals surface area contributed by atoms with E-state index in [0.29, 0.717) is 17.9 Å². The molecule has 0 radical (unpaired) electrons. The highest BCUT2D eigenvalue weighted by atomic mass is 16.2. The monoisotopic (exact) mass is 265 g/mol. The first kappa shape index (κ1) is 13.4. The van der Waals surface area contributed by atoms with Crippen LogP contribution < -0.4 is 5.32 Å². The Morgan fingerprint density at radius 3 is 2.68 bits per heavy atom. The first-order valence-corrected chi connectivity index (χ1v) is 7.88. The van der Waals surface area contributed by atoms with Crippen LogP contribution in [-0.4, -0.2) is 53.1 Å². The van der Waals surface area contributed by atoms with Crippen LogP contribution >= 0.6 is 0 Å². The van der Waals surface area contributed by atoms with Crippen molar-refractivity contribution < 1.29 is 4.79 Å². The average Bonchev–Trinajstić information content (AvgIpc) is 2.92. The Morgan fingerprint density at radius 1 is 1.42 bits per heavy atom. The van der Waals surface area contributed by atoms with E-state index >= 15 is 0 Å². The fraction of sp³-hybridized carbons (Fsp3) is 0.933.